The molecule has 4 heteroatoms. The lowest BCUT2D eigenvalue weighted by Gasteiger charge is -2.13. The van der Waals surface area contributed by atoms with Crippen molar-refractivity contribution < 1.29 is 4.74 Å². The lowest BCUT2D eigenvalue weighted by molar-refractivity contribution is 0.241. The molecule has 0 aliphatic heterocycles. The summed E-state index contributed by atoms with van der Waals surface area (Å²) in [5, 5.41) is 0.614. The summed E-state index contributed by atoms with van der Waals surface area (Å²) in [6.07, 6.45) is 0.181. The molecule has 2 rings (SSSR count). The zero-order valence-corrected chi connectivity index (χ0v) is 10.8. The van der Waals surface area contributed by atoms with Crippen molar-refractivity contribution in [3.63, 3.8) is 0 Å². The standard InChI is InChI=1S/C12H16N2OS/c1-6(2)15-9-5-7(3)10-11(8(9)4)16-12(13)14-10/h5-6H,1-4H3,(H2,13,14). The number of hydrogen-bond acceptors (Lipinski definition) is 4. The molecule has 1 aromatic heterocycles. The summed E-state index contributed by atoms with van der Waals surface area (Å²) in [4.78, 5) is 4.33. The summed E-state index contributed by atoms with van der Waals surface area (Å²) in [5.41, 5.74) is 8.99. The quantitative estimate of drug-likeness (QED) is 0.870. The summed E-state index contributed by atoms with van der Waals surface area (Å²) >= 11 is 1.52. The molecule has 16 heavy (non-hydrogen) atoms. The topological polar surface area (TPSA) is 48.1 Å². The number of nitrogens with zero attached hydrogens (tertiary/aromatic N) is 1. The van der Waals surface area contributed by atoms with Gasteiger partial charge < -0.3 is 10.5 Å². The molecular weight excluding hydrogens is 220 g/mol. The predicted octanol–water partition coefficient (Wildman–Crippen LogP) is 3.28. The van der Waals surface area contributed by atoms with Gasteiger partial charge in [-0.1, -0.05) is 11.3 Å². The Balaban J connectivity index is 2.64. The monoisotopic (exact) mass is 236 g/mol. The van der Waals surface area contributed by atoms with E-state index in [0.717, 1.165) is 27.1 Å². The molecule has 0 aliphatic rings. The van der Waals surface area contributed by atoms with Crippen molar-refractivity contribution in [2.24, 2.45) is 0 Å². The Morgan fingerprint density at radius 1 is 1.38 bits per heavy atom. The first kappa shape index (κ1) is 11.2. The number of nitrogens with two attached hydrogens (primary N) is 1. The maximum Gasteiger partial charge on any atom is 0.181 e. The van der Waals surface area contributed by atoms with Crippen LogP contribution in [0.25, 0.3) is 10.2 Å². The minimum absolute atomic E-state index is 0.181. The van der Waals surface area contributed by atoms with Gasteiger partial charge in [-0.05, 0) is 39.3 Å². The lowest BCUT2D eigenvalue weighted by Crippen LogP contribution is -2.06. The molecule has 3 nitrogen and oxygen atoms in total. The molecule has 86 valence electrons. The van der Waals surface area contributed by atoms with Gasteiger partial charge in [0.15, 0.2) is 5.13 Å². The van der Waals surface area contributed by atoms with Crippen molar-refractivity contribution in [3.05, 3.63) is 17.2 Å². The summed E-state index contributed by atoms with van der Waals surface area (Å²) in [5.74, 6) is 0.934. The lowest BCUT2D eigenvalue weighted by atomic mass is 10.1. The number of ether oxygens (including phenoxy) is 1. The molecular formula is C12H16N2OS. The summed E-state index contributed by atoms with van der Waals surface area (Å²) in [7, 11) is 0. The van der Waals surface area contributed by atoms with Crippen molar-refractivity contribution in [1.29, 1.82) is 0 Å². The zero-order valence-electron chi connectivity index (χ0n) is 10.00. The molecule has 0 saturated heterocycles. The second-order valence-corrected chi connectivity index (χ2v) is 5.24. The number of thiazole rings is 1. The fraction of sp³-hybridized carbons (Fsp3) is 0.417. The molecule has 0 saturated carbocycles. The van der Waals surface area contributed by atoms with Crippen molar-refractivity contribution in [3.8, 4) is 5.75 Å². The van der Waals surface area contributed by atoms with Crippen LogP contribution >= 0.6 is 11.3 Å². The molecule has 0 spiro atoms. The maximum absolute atomic E-state index is 5.78. The molecule has 0 bridgehead atoms. The van der Waals surface area contributed by atoms with Crippen LogP contribution in [0.5, 0.6) is 5.75 Å². The average Bonchev–Trinajstić information content (AvgIpc) is 2.56. The third kappa shape index (κ3) is 1.85. The van der Waals surface area contributed by atoms with Gasteiger partial charge in [-0.15, -0.1) is 0 Å². The number of hydrogen-bond donors (Lipinski definition) is 1. The van der Waals surface area contributed by atoms with Crippen LogP contribution in [0.2, 0.25) is 0 Å². The fourth-order valence-electron chi connectivity index (χ4n) is 1.72. The van der Waals surface area contributed by atoms with E-state index in [1.165, 1.54) is 11.3 Å². The maximum atomic E-state index is 5.78. The fourth-order valence-corrected chi connectivity index (χ4v) is 2.62. The first-order valence-electron chi connectivity index (χ1n) is 5.32. The Morgan fingerprint density at radius 3 is 2.69 bits per heavy atom. The number of aromatic nitrogens is 1. The van der Waals surface area contributed by atoms with Gasteiger partial charge in [0, 0.05) is 5.56 Å². The number of nitrogen functional groups attached to an aromatic ring is 1. The van der Waals surface area contributed by atoms with Gasteiger partial charge in [0.25, 0.3) is 0 Å². The molecule has 0 radical (unpaired) electrons. The van der Waals surface area contributed by atoms with Gasteiger partial charge in [0.2, 0.25) is 0 Å². The van der Waals surface area contributed by atoms with E-state index >= 15 is 0 Å². The third-order valence-corrected chi connectivity index (χ3v) is 3.44. The molecule has 1 aromatic carbocycles. The minimum atomic E-state index is 0.181. The summed E-state index contributed by atoms with van der Waals surface area (Å²) in [6.45, 7) is 8.14. The summed E-state index contributed by atoms with van der Waals surface area (Å²) in [6, 6.07) is 2.04. The van der Waals surface area contributed by atoms with Crippen LogP contribution in [0.1, 0.15) is 25.0 Å². The van der Waals surface area contributed by atoms with Gasteiger partial charge >= 0.3 is 0 Å². The number of fused-ring (bicyclic) bond motifs is 1. The van der Waals surface area contributed by atoms with E-state index in [0.29, 0.717) is 5.13 Å². The van der Waals surface area contributed by atoms with Crippen molar-refractivity contribution in [2.75, 3.05) is 5.73 Å². The molecule has 2 N–H and O–H groups in total. The zero-order chi connectivity index (χ0) is 11.9. The van der Waals surface area contributed by atoms with Crippen molar-refractivity contribution in [1.82, 2.24) is 4.98 Å². The van der Waals surface area contributed by atoms with Crippen LogP contribution in [-0.2, 0) is 0 Å². The highest BCUT2D eigenvalue weighted by Crippen LogP contribution is 2.35. The SMILES string of the molecule is Cc1cc(OC(C)C)c(C)c2sc(N)nc12. The van der Waals surface area contributed by atoms with Gasteiger partial charge in [0.1, 0.15) is 5.75 Å². The second kappa shape index (κ2) is 3.94. The van der Waals surface area contributed by atoms with Crippen LogP contribution in [0, 0.1) is 13.8 Å². The first-order chi connectivity index (χ1) is 7.49. The molecule has 0 amide bonds. The third-order valence-electron chi connectivity index (χ3n) is 2.44. The van der Waals surface area contributed by atoms with Crippen LogP contribution in [-0.4, -0.2) is 11.1 Å². The second-order valence-electron chi connectivity index (χ2n) is 4.21. The Labute approximate surface area is 99.3 Å². The van der Waals surface area contributed by atoms with E-state index in [9.17, 15) is 0 Å². The van der Waals surface area contributed by atoms with E-state index in [-0.39, 0.29) is 6.10 Å². The van der Waals surface area contributed by atoms with E-state index in [4.69, 9.17) is 10.5 Å². The Kier molecular flexibility index (Phi) is 2.76. The predicted molar refractivity (Wildman–Crippen MR) is 69.3 cm³/mol. The van der Waals surface area contributed by atoms with E-state index in [1.54, 1.807) is 0 Å². The smallest absolute Gasteiger partial charge is 0.181 e. The summed E-state index contributed by atoms with van der Waals surface area (Å²) < 4.78 is 6.91. The van der Waals surface area contributed by atoms with Gasteiger partial charge in [-0.25, -0.2) is 4.98 Å². The van der Waals surface area contributed by atoms with Crippen LogP contribution in [0.4, 0.5) is 5.13 Å². The van der Waals surface area contributed by atoms with Gasteiger partial charge in [-0.3, -0.25) is 0 Å². The number of anilines is 1. The number of aryl methyl sites for hydroxylation is 2. The van der Waals surface area contributed by atoms with Crippen molar-refractivity contribution >= 4 is 26.7 Å². The highest BCUT2D eigenvalue weighted by atomic mass is 32.1. The average molecular weight is 236 g/mol. The van der Waals surface area contributed by atoms with Gasteiger partial charge in [-0.2, -0.15) is 0 Å². The number of benzene rings is 1. The Hall–Kier alpha value is -1.29. The Morgan fingerprint density at radius 2 is 2.06 bits per heavy atom. The molecule has 0 aliphatic carbocycles. The van der Waals surface area contributed by atoms with Crippen LogP contribution in [0.15, 0.2) is 6.07 Å². The van der Waals surface area contributed by atoms with Gasteiger partial charge in [0.05, 0.1) is 16.3 Å². The largest absolute Gasteiger partial charge is 0.491 e. The Bertz CT molecular complexity index is 531. The highest BCUT2D eigenvalue weighted by Gasteiger charge is 2.12. The molecule has 2 aromatic rings. The van der Waals surface area contributed by atoms with Crippen LogP contribution < -0.4 is 10.5 Å². The molecule has 0 fully saturated rings. The molecule has 0 atom stereocenters. The van der Waals surface area contributed by atoms with E-state index in [1.807, 2.05) is 26.8 Å². The molecule has 1 heterocycles. The van der Waals surface area contributed by atoms with Crippen molar-refractivity contribution in [2.45, 2.75) is 33.8 Å². The molecule has 0 unspecified atom stereocenters. The number of rotatable bonds is 2. The van der Waals surface area contributed by atoms with Crippen LogP contribution in [0.3, 0.4) is 0 Å². The normalized spacial score (nSPS) is 11.3. The highest BCUT2D eigenvalue weighted by molar-refractivity contribution is 7.22. The van der Waals surface area contributed by atoms with E-state index in [2.05, 4.69) is 11.9 Å². The minimum Gasteiger partial charge on any atom is -0.491 e. The first-order valence-corrected chi connectivity index (χ1v) is 6.13. The van der Waals surface area contributed by atoms with E-state index < -0.39 is 0 Å².